The van der Waals surface area contributed by atoms with Crippen molar-refractivity contribution < 1.29 is 17.2 Å². The normalized spacial score (nSPS) is 25.1. The first-order valence-electron chi connectivity index (χ1n) is 6.55. The van der Waals surface area contributed by atoms with Gasteiger partial charge in [-0.15, -0.1) is 0 Å². The minimum atomic E-state index is -3.73. The van der Waals surface area contributed by atoms with Crippen molar-refractivity contribution in [3.63, 3.8) is 0 Å². The number of nitrogens with zero attached hydrogens (tertiary/aromatic N) is 1. The van der Waals surface area contributed by atoms with E-state index in [9.17, 15) is 12.8 Å². The summed E-state index contributed by atoms with van der Waals surface area (Å²) in [5.41, 5.74) is -1.14. The minimum Gasteiger partial charge on any atom is -0.463 e. The Kier molecular flexibility index (Phi) is 3.10. The van der Waals surface area contributed by atoms with Gasteiger partial charge < -0.3 is 4.42 Å². The average molecular weight is 297 g/mol. The maximum Gasteiger partial charge on any atom is 0.246 e. The van der Waals surface area contributed by atoms with E-state index in [0.29, 0.717) is 25.0 Å². The number of rotatable bonds is 2. The number of hydrogen-bond acceptors (Lipinski definition) is 3. The zero-order valence-electron chi connectivity index (χ0n) is 11.2. The zero-order valence-corrected chi connectivity index (χ0v) is 12.0. The number of para-hydroxylation sites is 1. The lowest BCUT2D eigenvalue weighted by molar-refractivity contribution is 0.102. The van der Waals surface area contributed by atoms with Crippen molar-refractivity contribution in [1.82, 2.24) is 4.31 Å². The molecule has 0 bridgehead atoms. The van der Waals surface area contributed by atoms with Crippen LogP contribution < -0.4 is 0 Å². The van der Waals surface area contributed by atoms with Gasteiger partial charge in [0.15, 0.2) is 5.58 Å². The van der Waals surface area contributed by atoms with Gasteiger partial charge >= 0.3 is 0 Å². The number of halogens is 1. The summed E-state index contributed by atoms with van der Waals surface area (Å²) in [4.78, 5) is 0.109. The average Bonchev–Trinajstić information content (AvgIpc) is 2.85. The van der Waals surface area contributed by atoms with Crippen LogP contribution in [-0.2, 0) is 10.0 Å². The maximum absolute atomic E-state index is 14.1. The van der Waals surface area contributed by atoms with E-state index in [0.717, 1.165) is 5.39 Å². The Bertz CT molecular complexity index is 736. The molecule has 1 aliphatic rings. The van der Waals surface area contributed by atoms with E-state index in [2.05, 4.69) is 0 Å². The van der Waals surface area contributed by atoms with Crippen molar-refractivity contribution in [1.29, 1.82) is 0 Å². The largest absolute Gasteiger partial charge is 0.463 e. The number of benzene rings is 1. The Morgan fingerprint density at radius 1 is 1.35 bits per heavy atom. The van der Waals surface area contributed by atoms with Crippen LogP contribution in [0, 0.1) is 0 Å². The molecule has 20 heavy (non-hydrogen) atoms. The van der Waals surface area contributed by atoms with Crippen LogP contribution in [0.2, 0.25) is 0 Å². The summed E-state index contributed by atoms with van der Waals surface area (Å²) >= 11 is 0. The molecular formula is C14H16FNO3S. The second-order valence-electron chi connectivity index (χ2n) is 5.45. The molecule has 0 N–H and O–H groups in total. The molecule has 1 fully saturated rings. The second kappa shape index (κ2) is 4.56. The van der Waals surface area contributed by atoms with E-state index >= 15 is 0 Å². The molecule has 1 aromatic carbocycles. The van der Waals surface area contributed by atoms with Gasteiger partial charge in [0.25, 0.3) is 0 Å². The van der Waals surface area contributed by atoms with Gasteiger partial charge in [0.1, 0.15) is 10.6 Å². The third kappa shape index (κ3) is 2.23. The zero-order chi connectivity index (χ0) is 14.4. The molecule has 1 unspecified atom stereocenters. The maximum atomic E-state index is 14.1. The third-order valence-electron chi connectivity index (χ3n) is 3.67. The lowest BCUT2D eigenvalue weighted by Gasteiger charge is -2.34. The first-order valence-corrected chi connectivity index (χ1v) is 7.99. The molecule has 0 radical (unpaired) electrons. The standard InChI is InChI=1S/C14H16FNO3S/c1-14(15)7-3-8-16(10-14)20(17,18)12-5-2-4-11-6-9-19-13(11)12/h2,4-6,9H,3,7-8,10H2,1H3. The van der Waals surface area contributed by atoms with E-state index in [4.69, 9.17) is 4.42 Å². The summed E-state index contributed by atoms with van der Waals surface area (Å²) in [5, 5.41) is 0.728. The molecule has 1 saturated heterocycles. The Balaban J connectivity index is 2.06. The molecule has 2 heterocycles. The molecular weight excluding hydrogens is 281 g/mol. The summed E-state index contributed by atoms with van der Waals surface area (Å²) < 4.78 is 46.0. The van der Waals surface area contributed by atoms with E-state index in [1.807, 2.05) is 0 Å². The van der Waals surface area contributed by atoms with Crippen LogP contribution in [0.15, 0.2) is 39.8 Å². The topological polar surface area (TPSA) is 50.5 Å². The smallest absolute Gasteiger partial charge is 0.246 e. The monoisotopic (exact) mass is 297 g/mol. The van der Waals surface area contributed by atoms with Crippen molar-refractivity contribution in [3.8, 4) is 0 Å². The molecule has 0 saturated carbocycles. The Morgan fingerprint density at radius 2 is 2.15 bits per heavy atom. The van der Waals surface area contributed by atoms with Crippen LogP contribution in [0.5, 0.6) is 0 Å². The van der Waals surface area contributed by atoms with Gasteiger partial charge in [-0.2, -0.15) is 4.31 Å². The molecule has 6 heteroatoms. The SMILES string of the molecule is CC1(F)CCCN(S(=O)(=O)c2cccc3ccoc23)C1. The van der Waals surface area contributed by atoms with Crippen molar-refractivity contribution in [2.24, 2.45) is 0 Å². The third-order valence-corrected chi connectivity index (χ3v) is 5.54. The Labute approximate surface area is 117 Å². The van der Waals surface area contributed by atoms with Crippen molar-refractivity contribution >= 4 is 21.0 Å². The van der Waals surface area contributed by atoms with Crippen LogP contribution in [0.1, 0.15) is 19.8 Å². The number of furan rings is 1. The number of piperidine rings is 1. The highest BCUT2D eigenvalue weighted by atomic mass is 32.2. The fraction of sp³-hybridized carbons (Fsp3) is 0.429. The molecule has 4 nitrogen and oxygen atoms in total. The predicted octanol–water partition coefficient (Wildman–Crippen LogP) is 2.95. The lowest BCUT2D eigenvalue weighted by Crippen LogP contribution is -2.46. The van der Waals surface area contributed by atoms with Crippen molar-refractivity contribution in [3.05, 3.63) is 30.5 Å². The molecule has 1 atom stereocenters. The van der Waals surface area contributed by atoms with Gasteiger partial charge in [-0.1, -0.05) is 12.1 Å². The van der Waals surface area contributed by atoms with Crippen LogP contribution in [-0.4, -0.2) is 31.5 Å². The van der Waals surface area contributed by atoms with E-state index in [1.54, 1.807) is 18.2 Å². The van der Waals surface area contributed by atoms with Crippen molar-refractivity contribution in [2.45, 2.75) is 30.3 Å². The summed E-state index contributed by atoms with van der Waals surface area (Å²) in [7, 11) is -3.73. The molecule has 1 aliphatic heterocycles. The fourth-order valence-corrected chi connectivity index (χ4v) is 4.40. The molecule has 108 valence electrons. The van der Waals surface area contributed by atoms with E-state index in [1.165, 1.54) is 23.6 Å². The highest BCUT2D eigenvalue weighted by molar-refractivity contribution is 7.89. The predicted molar refractivity (Wildman–Crippen MR) is 73.7 cm³/mol. The number of sulfonamides is 1. The number of hydrogen-bond donors (Lipinski definition) is 0. The first kappa shape index (κ1) is 13.6. The van der Waals surface area contributed by atoms with Crippen LogP contribution in [0.3, 0.4) is 0 Å². The number of fused-ring (bicyclic) bond motifs is 1. The minimum absolute atomic E-state index is 0.105. The first-order chi connectivity index (χ1) is 9.40. The van der Waals surface area contributed by atoms with Gasteiger partial charge in [0, 0.05) is 18.5 Å². The summed E-state index contributed by atoms with van der Waals surface area (Å²) in [6.07, 6.45) is 2.38. The lowest BCUT2D eigenvalue weighted by atomic mass is 9.99. The van der Waals surface area contributed by atoms with Crippen LogP contribution >= 0.6 is 0 Å². The molecule has 1 aromatic heterocycles. The highest BCUT2D eigenvalue weighted by Gasteiger charge is 2.37. The van der Waals surface area contributed by atoms with Crippen LogP contribution in [0.4, 0.5) is 4.39 Å². The fourth-order valence-electron chi connectivity index (χ4n) is 2.66. The Hall–Kier alpha value is -1.40. The Morgan fingerprint density at radius 3 is 2.90 bits per heavy atom. The van der Waals surface area contributed by atoms with E-state index in [-0.39, 0.29) is 11.4 Å². The van der Waals surface area contributed by atoms with Crippen LogP contribution in [0.25, 0.3) is 11.0 Å². The van der Waals surface area contributed by atoms with E-state index < -0.39 is 15.7 Å². The second-order valence-corrected chi connectivity index (χ2v) is 7.36. The van der Waals surface area contributed by atoms with Gasteiger partial charge in [-0.05, 0) is 31.9 Å². The highest BCUT2D eigenvalue weighted by Crippen LogP contribution is 2.31. The summed E-state index contributed by atoms with van der Waals surface area (Å²) in [6, 6.07) is 6.67. The van der Waals surface area contributed by atoms with Crippen molar-refractivity contribution in [2.75, 3.05) is 13.1 Å². The quantitative estimate of drug-likeness (QED) is 0.856. The van der Waals surface area contributed by atoms with Gasteiger partial charge in [-0.3, -0.25) is 0 Å². The molecule has 3 rings (SSSR count). The van der Waals surface area contributed by atoms with Gasteiger partial charge in [0.2, 0.25) is 10.0 Å². The van der Waals surface area contributed by atoms with Gasteiger partial charge in [0.05, 0.1) is 6.26 Å². The molecule has 2 aromatic rings. The summed E-state index contributed by atoms with van der Waals surface area (Å²) in [6.45, 7) is 1.69. The number of alkyl halides is 1. The van der Waals surface area contributed by atoms with Gasteiger partial charge in [-0.25, -0.2) is 12.8 Å². The summed E-state index contributed by atoms with van der Waals surface area (Å²) in [5.74, 6) is 0. The molecule has 0 aliphatic carbocycles. The molecule has 0 spiro atoms. The molecule has 0 amide bonds.